The van der Waals surface area contributed by atoms with Gasteiger partial charge in [-0.25, -0.2) is 0 Å². The van der Waals surface area contributed by atoms with E-state index in [0.29, 0.717) is 24.8 Å². The molecule has 5 nitrogen and oxygen atoms in total. The van der Waals surface area contributed by atoms with Crippen LogP contribution in [0.1, 0.15) is 48.0 Å². The summed E-state index contributed by atoms with van der Waals surface area (Å²) < 4.78 is 2.09. The highest BCUT2D eigenvalue weighted by Crippen LogP contribution is 2.40. The van der Waals surface area contributed by atoms with Crippen LogP contribution in [0.3, 0.4) is 0 Å². The summed E-state index contributed by atoms with van der Waals surface area (Å²) in [6.45, 7) is 5.14. The van der Waals surface area contributed by atoms with Crippen molar-refractivity contribution in [3.8, 4) is 0 Å². The average Bonchev–Trinajstić information content (AvgIpc) is 3.58. The molecule has 1 aromatic heterocycles. The zero-order valence-electron chi connectivity index (χ0n) is 17.6. The van der Waals surface area contributed by atoms with Crippen LogP contribution in [-0.4, -0.2) is 33.0 Å². The fourth-order valence-electron chi connectivity index (χ4n) is 3.78. The van der Waals surface area contributed by atoms with Crippen LogP contribution in [0.4, 0.5) is 0 Å². The molecule has 1 N–H and O–H groups in total. The molecule has 0 spiro atoms. The average molecular weight is 433 g/mol. The minimum absolute atomic E-state index is 0.0194. The monoisotopic (exact) mass is 432 g/mol. The van der Waals surface area contributed by atoms with Crippen molar-refractivity contribution in [1.29, 1.82) is 0 Å². The molecule has 1 saturated carbocycles. The molecule has 0 bridgehead atoms. The van der Waals surface area contributed by atoms with E-state index in [4.69, 9.17) is 0 Å². The number of hydrogen-bond donors (Lipinski definition) is 1. The first kappa shape index (κ1) is 21.4. The highest BCUT2D eigenvalue weighted by Gasteiger charge is 2.30. The Morgan fingerprint density at radius 3 is 2.32 bits per heavy atom. The van der Waals surface area contributed by atoms with E-state index in [1.807, 2.05) is 18.2 Å². The van der Waals surface area contributed by atoms with Crippen molar-refractivity contribution in [3.63, 3.8) is 0 Å². The van der Waals surface area contributed by atoms with Gasteiger partial charge in [0.1, 0.15) is 5.82 Å². The van der Waals surface area contributed by atoms with E-state index in [9.17, 15) is 4.79 Å². The summed E-state index contributed by atoms with van der Waals surface area (Å²) in [5, 5.41) is 12.5. The van der Waals surface area contributed by atoms with Crippen molar-refractivity contribution >= 4 is 17.7 Å². The van der Waals surface area contributed by atoms with E-state index in [1.165, 1.54) is 35.7 Å². The van der Waals surface area contributed by atoms with Crippen molar-refractivity contribution in [3.05, 3.63) is 90.3 Å². The van der Waals surface area contributed by atoms with Gasteiger partial charge in [0, 0.05) is 24.9 Å². The minimum atomic E-state index is 0.0194. The third-order valence-corrected chi connectivity index (χ3v) is 6.46. The number of carbonyl (C=O) groups excluding carboxylic acids is 1. The summed E-state index contributed by atoms with van der Waals surface area (Å²) in [6.07, 6.45) is 5.05. The SMILES string of the molecule is C=CCn1c(SCC(=O)NCCC(c2ccccc2)c2ccccc2)nnc1C1CC1. The number of allylic oxidation sites excluding steroid dienone is 1. The van der Waals surface area contributed by atoms with Crippen LogP contribution < -0.4 is 5.32 Å². The normalized spacial score (nSPS) is 13.3. The summed E-state index contributed by atoms with van der Waals surface area (Å²) in [5.74, 6) is 2.15. The molecule has 6 heteroatoms. The lowest BCUT2D eigenvalue weighted by atomic mass is 9.88. The Balaban J connectivity index is 1.32. The molecule has 1 fully saturated rings. The van der Waals surface area contributed by atoms with Gasteiger partial charge in [-0.05, 0) is 30.4 Å². The van der Waals surface area contributed by atoms with Gasteiger partial charge in [-0.15, -0.1) is 16.8 Å². The van der Waals surface area contributed by atoms with E-state index in [-0.39, 0.29) is 11.8 Å². The molecule has 0 atom stereocenters. The molecule has 0 radical (unpaired) electrons. The van der Waals surface area contributed by atoms with Crippen LogP contribution in [0.25, 0.3) is 0 Å². The van der Waals surface area contributed by atoms with Crippen LogP contribution in [0.5, 0.6) is 0 Å². The molecule has 3 aromatic rings. The first-order valence-electron chi connectivity index (χ1n) is 10.8. The van der Waals surface area contributed by atoms with E-state index >= 15 is 0 Å². The Kier molecular flexibility index (Phi) is 7.20. The third-order valence-electron chi connectivity index (χ3n) is 5.49. The zero-order valence-corrected chi connectivity index (χ0v) is 18.4. The van der Waals surface area contributed by atoms with Crippen LogP contribution in [0.2, 0.25) is 0 Å². The number of amides is 1. The molecule has 1 aliphatic rings. The van der Waals surface area contributed by atoms with Gasteiger partial charge in [0.15, 0.2) is 5.16 Å². The second-order valence-electron chi connectivity index (χ2n) is 7.82. The van der Waals surface area contributed by atoms with E-state index in [1.54, 1.807) is 0 Å². The number of thioether (sulfide) groups is 1. The zero-order chi connectivity index (χ0) is 21.5. The van der Waals surface area contributed by atoms with Crippen molar-refractivity contribution in [1.82, 2.24) is 20.1 Å². The summed E-state index contributed by atoms with van der Waals surface area (Å²) in [5.41, 5.74) is 2.53. The number of nitrogens with one attached hydrogen (secondary N) is 1. The molecular formula is C25H28N4OS. The maximum atomic E-state index is 12.5. The Morgan fingerprint density at radius 1 is 1.10 bits per heavy atom. The fraction of sp³-hybridized carbons (Fsp3) is 0.320. The number of benzene rings is 2. The number of rotatable bonds is 11. The van der Waals surface area contributed by atoms with Crippen LogP contribution in [-0.2, 0) is 11.3 Å². The maximum Gasteiger partial charge on any atom is 0.230 e. The van der Waals surface area contributed by atoms with Crippen LogP contribution >= 0.6 is 11.8 Å². The number of nitrogens with zero attached hydrogens (tertiary/aromatic N) is 3. The predicted octanol–water partition coefficient (Wildman–Crippen LogP) is 4.77. The maximum absolute atomic E-state index is 12.5. The Labute approximate surface area is 188 Å². The van der Waals surface area contributed by atoms with E-state index < -0.39 is 0 Å². The Bertz CT molecular complexity index is 959. The first-order chi connectivity index (χ1) is 15.3. The van der Waals surface area contributed by atoms with Gasteiger partial charge in [0.05, 0.1) is 5.75 Å². The lowest BCUT2D eigenvalue weighted by Gasteiger charge is -2.18. The highest BCUT2D eigenvalue weighted by atomic mass is 32.2. The van der Waals surface area contributed by atoms with Gasteiger partial charge < -0.3 is 9.88 Å². The number of hydrogen-bond acceptors (Lipinski definition) is 4. The molecule has 0 aliphatic heterocycles. The quantitative estimate of drug-likeness (QED) is 0.350. The van der Waals surface area contributed by atoms with Gasteiger partial charge in [-0.2, -0.15) is 0 Å². The minimum Gasteiger partial charge on any atom is -0.355 e. The van der Waals surface area contributed by atoms with Gasteiger partial charge >= 0.3 is 0 Å². The third kappa shape index (κ3) is 5.64. The molecule has 1 amide bonds. The topological polar surface area (TPSA) is 59.8 Å². The number of aromatic nitrogens is 3. The van der Waals surface area contributed by atoms with Gasteiger partial charge in [-0.3, -0.25) is 4.79 Å². The number of carbonyl (C=O) groups is 1. The molecule has 1 heterocycles. The molecule has 4 rings (SSSR count). The molecule has 1 aliphatic carbocycles. The summed E-state index contributed by atoms with van der Waals surface area (Å²) in [6, 6.07) is 20.9. The summed E-state index contributed by atoms with van der Waals surface area (Å²) >= 11 is 1.44. The standard InChI is InChI=1S/C25H28N4OS/c1-2-17-29-24(21-13-14-21)27-28-25(29)31-18-23(30)26-16-15-22(19-9-5-3-6-10-19)20-11-7-4-8-12-20/h2-12,21-22H,1,13-18H2,(H,26,30). The summed E-state index contributed by atoms with van der Waals surface area (Å²) in [7, 11) is 0. The highest BCUT2D eigenvalue weighted by molar-refractivity contribution is 7.99. The Hall–Kier alpha value is -2.86. The van der Waals surface area contributed by atoms with Crippen molar-refractivity contribution < 1.29 is 4.79 Å². The van der Waals surface area contributed by atoms with Crippen LogP contribution in [0.15, 0.2) is 78.5 Å². The summed E-state index contributed by atoms with van der Waals surface area (Å²) in [4.78, 5) is 12.5. The van der Waals surface area contributed by atoms with Crippen molar-refractivity contribution in [2.24, 2.45) is 0 Å². The molecular weight excluding hydrogens is 404 g/mol. The smallest absolute Gasteiger partial charge is 0.230 e. The molecule has 160 valence electrons. The van der Waals surface area contributed by atoms with E-state index in [0.717, 1.165) is 17.4 Å². The van der Waals surface area contributed by atoms with Gasteiger partial charge in [-0.1, -0.05) is 78.5 Å². The molecule has 0 saturated heterocycles. The van der Waals surface area contributed by atoms with Crippen molar-refractivity contribution in [2.75, 3.05) is 12.3 Å². The fourth-order valence-corrected chi connectivity index (χ4v) is 4.57. The lowest BCUT2D eigenvalue weighted by Crippen LogP contribution is -2.27. The van der Waals surface area contributed by atoms with Crippen LogP contribution in [0, 0.1) is 0 Å². The lowest BCUT2D eigenvalue weighted by molar-refractivity contribution is -0.118. The first-order valence-corrected chi connectivity index (χ1v) is 11.8. The molecule has 31 heavy (non-hydrogen) atoms. The second-order valence-corrected chi connectivity index (χ2v) is 8.76. The largest absolute Gasteiger partial charge is 0.355 e. The van der Waals surface area contributed by atoms with Crippen molar-refractivity contribution in [2.45, 2.75) is 42.8 Å². The Morgan fingerprint density at radius 2 is 1.74 bits per heavy atom. The van der Waals surface area contributed by atoms with Gasteiger partial charge in [0.2, 0.25) is 5.91 Å². The van der Waals surface area contributed by atoms with Gasteiger partial charge in [0.25, 0.3) is 0 Å². The molecule has 2 aromatic carbocycles. The van der Waals surface area contributed by atoms with E-state index in [2.05, 4.69) is 75.2 Å². The second kappa shape index (κ2) is 10.4. The predicted molar refractivity (Wildman–Crippen MR) is 125 cm³/mol. The molecule has 0 unspecified atom stereocenters.